The average molecular weight is 259 g/mol. The van der Waals surface area contributed by atoms with Gasteiger partial charge in [-0.05, 0) is 22.9 Å². The first-order valence-corrected chi connectivity index (χ1v) is 3.48. The molecule has 0 saturated carbocycles. The van der Waals surface area contributed by atoms with Crippen LogP contribution in [0.5, 0.6) is 0 Å². The molecule has 0 radical (unpaired) electrons. The Hall–Kier alpha value is 0.590. The summed E-state index contributed by atoms with van der Waals surface area (Å²) in [4.78, 5) is 5.19. The molecule has 0 aromatic carbocycles. The van der Waals surface area contributed by atoms with Crippen LogP contribution in [0.2, 0.25) is 0 Å². The van der Waals surface area contributed by atoms with E-state index in [1.807, 2.05) is 13.1 Å². The summed E-state index contributed by atoms with van der Waals surface area (Å²) in [6, 6.07) is 0. The summed E-state index contributed by atoms with van der Waals surface area (Å²) in [5.74, 6) is 0. The Balaban J connectivity index is 0.000000490. The van der Waals surface area contributed by atoms with Crippen LogP contribution in [-0.4, -0.2) is 4.98 Å². The number of thiazole rings is 1. The minimum atomic E-state index is 0. The molecule has 0 saturated heterocycles. The third-order valence-corrected chi connectivity index (χ3v) is 1.98. The van der Waals surface area contributed by atoms with Gasteiger partial charge in [0.25, 0.3) is 0 Å². The second kappa shape index (κ2) is 3.58. The third kappa shape index (κ3) is 2.24. The van der Waals surface area contributed by atoms with E-state index < -0.39 is 0 Å². The first-order valence-electron chi connectivity index (χ1n) is 1.87. The van der Waals surface area contributed by atoms with Gasteiger partial charge in [-0.1, -0.05) is 0 Å². The van der Waals surface area contributed by atoms with Gasteiger partial charge in [-0.2, -0.15) is 0 Å². The fraction of sp³-hybridized carbons (Fsp3) is 0.250. The number of aromatic nitrogens is 1. The Morgan fingerprint density at radius 1 is 1.75 bits per heavy atom. The molecule has 0 fully saturated rings. The van der Waals surface area contributed by atoms with Crippen molar-refractivity contribution in [1.82, 2.24) is 4.98 Å². The predicted octanol–water partition coefficient (Wildman–Crippen LogP) is 2.79. The molecule has 0 aliphatic rings. The van der Waals surface area contributed by atoms with Gasteiger partial charge in [0.1, 0.15) is 0 Å². The Kier molecular flexibility index (Phi) is 3.85. The van der Waals surface area contributed by atoms with Crippen LogP contribution in [0.1, 0.15) is 4.88 Å². The number of nitrogens with zero attached hydrogens (tertiary/aromatic N) is 1. The molecule has 0 bridgehead atoms. The summed E-state index contributed by atoms with van der Waals surface area (Å²) < 4.78 is 0.963. The van der Waals surface area contributed by atoms with Crippen molar-refractivity contribution >= 4 is 44.2 Å². The van der Waals surface area contributed by atoms with Crippen LogP contribution in [0, 0.1) is 6.92 Å². The summed E-state index contributed by atoms with van der Waals surface area (Å²) in [5.41, 5.74) is 0. The molecule has 0 unspecified atom stereocenters. The monoisotopic (exact) mass is 257 g/mol. The zero-order valence-corrected chi connectivity index (χ0v) is 8.33. The molecule has 1 aromatic rings. The van der Waals surface area contributed by atoms with E-state index in [9.17, 15) is 0 Å². The quantitative estimate of drug-likeness (QED) is 0.698. The fourth-order valence-electron chi connectivity index (χ4n) is 0.327. The SMILES string of the molecule is Br.Cc1cnc(Br)s1. The van der Waals surface area contributed by atoms with Crippen molar-refractivity contribution in [2.75, 3.05) is 0 Å². The summed E-state index contributed by atoms with van der Waals surface area (Å²) in [7, 11) is 0. The van der Waals surface area contributed by atoms with Gasteiger partial charge in [0.2, 0.25) is 0 Å². The average Bonchev–Trinajstić information content (AvgIpc) is 1.87. The molecule has 0 atom stereocenters. The molecule has 1 rings (SSSR count). The lowest BCUT2D eigenvalue weighted by atomic mass is 10.7. The van der Waals surface area contributed by atoms with E-state index in [2.05, 4.69) is 20.9 Å². The Bertz CT molecular complexity index is 146. The molecular formula is C4H5Br2NS. The maximum atomic E-state index is 3.95. The van der Waals surface area contributed by atoms with Gasteiger partial charge in [-0.15, -0.1) is 28.3 Å². The Labute approximate surface area is 71.0 Å². The maximum absolute atomic E-state index is 3.95. The lowest BCUT2D eigenvalue weighted by Gasteiger charge is -1.66. The lowest BCUT2D eigenvalue weighted by molar-refractivity contribution is 1.35. The van der Waals surface area contributed by atoms with E-state index in [1.54, 1.807) is 11.3 Å². The largest absolute Gasteiger partial charge is 0.237 e. The topological polar surface area (TPSA) is 12.9 Å². The number of hydrogen-bond donors (Lipinski definition) is 0. The summed E-state index contributed by atoms with van der Waals surface area (Å²) in [6.07, 6.45) is 1.84. The van der Waals surface area contributed by atoms with Gasteiger partial charge in [-0.25, -0.2) is 4.98 Å². The van der Waals surface area contributed by atoms with Crippen molar-refractivity contribution in [3.05, 3.63) is 15.0 Å². The molecule has 0 spiro atoms. The molecule has 0 amide bonds. The molecule has 1 heterocycles. The van der Waals surface area contributed by atoms with Crippen LogP contribution in [-0.2, 0) is 0 Å². The molecule has 46 valence electrons. The number of halogens is 2. The van der Waals surface area contributed by atoms with Gasteiger partial charge in [0.05, 0.1) is 0 Å². The molecule has 8 heavy (non-hydrogen) atoms. The molecule has 0 aliphatic carbocycles. The van der Waals surface area contributed by atoms with Crippen molar-refractivity contribution in [3.8, 4) is 0 Å². The summed E-state index contributed by atoms with van der Waals surface area (Å²) >= 11 is 4.89. The van der Waals surface area contributed by atoms with Crippen LogP contribution < -0.4 is 0 Å². The number of rotatable bonds is 0. The standard InChI is InChI=1S/C4H4BrNS.BrH/c1-3-2-6-4(5)7-3;/h2H,1H3;1H. The molecule has 0 aliphatic heterocycles. The second-order valence-corrected chi connectivity index (χ2v) is 3.73. The maximum Gasteiger partial charge on any atom is 0.159 e. The normalized spacial score (nSPS) is 8.25. The minimum Gasteiger partial charge on any atom is -0.237 e. The summed E-state index contributed by atoms with van der Waals surface area (Å²) in [6.45, 7) is 2.03. The van der Waals surface area contributed by atoms with Crippen LogP contribution in [0.25, 0.3) is 0 Å². The van der Waals surface area contributed by atoms with Crippen molar-refractivity contribution in [2.45, 2.75) is 6.92 Å². The zero-order valence-electron chi connectivity index (χ0n) is 4.22. The van der Waals surface area contributed by atoms with E-state index in [-0.39, 0.29) is 17.0 Å². The highest BCUT2D eigenvalue weighted by Crippen LogP contribution is 2.16. The molecular weight excluding hydrogens is 254 g/mol. The van der Waals surface area contributed by atoms with Gasteiger partial charge in [-0.3, -0.25) is 0 Å². The molecule has 1 aromatic heterocycles. The number of hydrogen-bond acceptors (Lipinski definition) is 2. The highest BCUT2D eigenvalue weighted by Gasteiger charge is 1.88. The van der Waals surface area contributed by atoms with E-state index in [0.29, 0.717) is 0 Å². The van der Waals surface area contributed by atoms with Crippen molar-refractivity contribution in [2.24, 2.45) is 0 Å². The molecule has 1 nitrogen and oxygen atoms in total. The van der Waals surface area contributed by atoms with Crippen LogP contribution >= 0.6 is 44.2 Å². The van der Waals surface area contributed by atoms with Gasteiger partial charge in [0.15, 0.2) is 3.92 Å². The Morgan fingerprint density at radius 3 is 2.50 bits per heavy atom. The zero-order chi connectivity index (χ0) is 5.28. The smallest absolute Gasteiger partial charge is 0.159 e. The minimum absolute atomic E-state index is 0. The highest BCUT2D eigenvalue weighted by atomic mass is 79.9. The van der Waals surface area contributed by atoms with E-state index in [0.717, 1.165) is 3.92 Å². The lowest BCUT2D eigenvalue weighted by Crippen LogP contribution is -1.51. The first kappa shape index (κ1) is 8.59. The predicted molar refractivity (Wildman–Crippen MR) is 44.9 cm³/mol. The second-order valence-electron chi connectivity index (χ2n) is 1.22. The van der Waals surface area contributed by atoms with Gasteiger partial charge >= 0.3 is 0 Å². The van der Waals surface area contributed by atoms with Crippen LogP contribution in [0.3, 0.4) is 0 Å². The van der Waals surface area contributed by atoms with Crippen molar-refractivity contribution in [3.63, 3.8) is 0 Å². The van der Waals surface area contributed by atoms with E-state index in [4.69, 9.17) is 0 Å². The fourth-order valence-corrected chi connectivity index (χ4v) is 1.67. The van der Waals surface area contributed by atoms with E-state index in [1.165, 1.54) is 4.88 Å². The van der Waals surface area contributed by atoms with Gasteiger partial charge in [0, 0.05) is 11.1 Å². The van der Waals surface area contributed by atoms with Crippen molar-refractivity contribution < 1.29 is 0 Å². The molecule has 0 N–H and O–H groups in total. The van der Waals surface area contributed by atoms with Gasteiger partial charge < -0.3 is 0 Å². The first-order chi connectivity index (χ1) is 3.29. The number of aryl methyl sites for hydroxylation is 1. The van der Waals surface area contributed by atoms with Crippen LogP contribution in [0.4, 0.5) is 0 Å². The highest BCUT2D eigenvalue weighted by molar-refractivity contribution is 9.11. The summed E-state index contributed by atoms with van der Waals surface area (Å²) in [5, 5.41) is 0. The van der Waals surface area contributed by atoms with Crippen molar-refractivity contribution in [1.29, 1.82) is 0 Å². The van der Waals surface area contributed by atoms with Crippen LogP contribution in [0.15, 0.2) is 10.1 Å². The third-order valence-electron chi connectivity index (χ3n) is 0.593. The molecule has 4 heteroatoms. The Morgan fingerprint density at radius 2 is 2.38 bits per heavy atom. The van der Waals surface area contributed by atoms with E-state index >= 15 is 0 Å².